The number of carbonyl (C=O) groups excluding carboxylic acids is 1. The van der Waals surface area contributed by atoms with Crippen molar-refractivity contribution in [1.82, 2.24) is 4.57 Å². The number of hydrogen-bond donors (Lipinski definition) is 2. The Kier molecular flexibility index (Phi) is 4.42. The minimum Gasteiger partial charge on any atom is -0.398 e. The number of rotatable bonds is 3. The smallest absolute Gasteiger partial charge is 0.251 e. The van der Waals surface area contributed by atoms with Gasteiger partial charge in [0.05, 0.1) is 4.47 Å². The molecule has 0 fully saturated rings. The Balaban J connectivity index is 2.17. The fraction of sp³-hybridized carbons (Fsp3) is 0.143. The third kappa shape index (κ3) is 3.69. The average Bonchev–Trinajstić information content (AvgIpc) is 2.40. The van der Waals surface area contributed by atoms with Crippen LogP contribution in [-0.2, 0) is 11.3 Å². The summed E-state index contributed by atoms with van der Waals surface area (Å²) in [7, 11) is 0. The van der Waals surface area contributed by atoms with Crippen LogP contribution < -0.4 is 16.6 Å². The van der Waals surface area contributed by atoms with Gasteiger partial charge in [0.15, 0.2) is 0 Å². The molecule has 21 heavy (non-hydrogen) atoms. The molecule has 0 saturated heterocycles. The maximum absolute atomic E-state index is 13.3. The van der Waals surface area contributed by atoms with Gasteiger partial charge in [0, 0.05) is 23.6 Å². The number of nitrogen functional groups attached to an aromatic ring is 1. The molecule has 0 unspecified atom stereocenters. The van der Waals surface area contributed by atoms with E-state index in [2.05, 4.69) is 21.2 Å². The predicted molar refractivity (Wildman–Crippen MR) is 82.6 cm³/mol. The molecule has 0 saturated carbocycles. The Hall–Kier alpha value is -2.15. The van der Waals surface area contributed by atoms with Crippen molar-refractivity contribution >= 4 is 33.2 Å². The lowest BCUT2D eigenvalue weighted by Gasteiger charge is -2.11. The number of aromatic nitrogens is 1. The molecule has 1 aromatic heterocycles. The van der Waals surface area contributed by atoms with Gasteiger partial charge in [-0.1, -0.05) is 0 Å². The number of carbonyl (C=O) groups is 1. The minimum absolute atomic E-state index is 0.168. The maximum Gasteiger partial charge on any atom is 0.251 e. The zero-order chi connectivity index (χ0) is 15.6. The van der Waals surface area contributed by atoms with Crippen LogP contribution in [0.1, 0.15) is 5.56 Å². The van der Waals surface area contributed by atoms with Gasteiger partial charge in [-0.2, -0.15) is 0 Å². The van der Waals surface area contributed by atoms with Gasteiger partial charge in [-0.05, 0) is 46.6 Å². The lowest BCUT2D eigenvalue weighted by atomic mass is 10.2. The lowest BCUT2D eigenvalue weighted by Crippen LogP contribution is -2.27. The van der Waals surface area contributed by atoms with E-state index in [-0.39, 0.29) is 16.6 Å². The number of halogens is 2. The molecule has 0 bridgehead atoms. The molecule has 5 nitrogen and oxygen atoms in total. The fourth-order valence-electron chi connectivity index (χ4n) is 1.80. The van der Waals surface area contributed by atoms with Crippen molar-refractivity contribution in [3.8, 4) is 0 Å². The first kappa shape index (κ1) is 15.2. The number of nitrogens with zero attached hydrogens (tertiary/aromatic N) is 1. The number of hydrogen-bond acceptors (Lipinski definition) is 3. The van der Waals surface area contributed by atoms with Crippen molar-refractivity contribution in [3.05, 3.63) is 56.7 Å². The molecule has 0 aliphatic carbocycles. The van der Waals surface area contributed by atoms with Gasteiger partial charge >= 0.3 is 0 Å². The Morgan fingerprint density at radius 3 is 2.86 bits per heavy atom. The van der Waals surface area contributed by atoms with Crippen molar-refractivity contribution in [3.63, 3.8) is 0 Å². The summed E-state index contributed by atoms with van der Waals surface area (Å²) in [4.78, 5) is 23.6. The summed E-state index contributed by atoms with van der Waals surface area (Å²) < 4.78 is 14.8. The Labute approximate surface area is 128 Å². The molecule has 1 heterocycles. The first-order chi connectivity index (χ1) is 9.86. The predicted octanol–water partition coefficient (Wildman–Crippen LogP) is 2.28. The van der Waals surface area contributed by atoms with Crippen LogP contribution in [0.25, 0.3) is 0 Å². The molecule has 0 spiro atoms. The summed E-state index contributed by atoms with van der Waals surface area (Å²) >= 11 is 3.06. The summed E-state index contributed by atoms with van der Waals surface area (Å²) in [5.41, 5.74) is 6.71. The molecule has 0 radical (unpaired) electrons. The molecular weight excluding hydrogens is 341 g/mol. The van der Waals surface area contributed by atoms with Gasteiger partial charge in [0.25, 0.3) is 5.56 Å². The molecule has 110 valence electrons. The van der Waals surface area contributed by atoms with Crippen LogP contribution in [-0.4, -0.2) is 10.5 Å². The zero-order valence-electron chi connectivity index (χ0n) is 11.2. The van der Waals surface area contributed by atoms with Crippen molar-refractivity contribution in [2.24, 2.45) is 0 Å². The SMILES string of the molecule is Cc1cc(F)c(Br)cc1NC(=O)Cn1cc(N)ccc1=O. The summed E-state index contributed by atoms with van der Waals surface area (Å²) in [6.07, 6.45) is 1.40. The van der Waals surface area contributed by atoms with Crippen molar-refractivity contribution in [2.75, 3.05) is 11.1 Å². The molecule has 2 rings (SSSR count). The van der Waals surface area contributed by atoms with Gasteiger partial charge in [0.2, 0.25) is 5.91 Å². The highest BCUT2D eigenvalue weighted by Gasteiger charge is 2.10. The molecular formula is C14H13BrFN3O2. The second-order valence-corrected chi connectivity index (χ2v) is 5.41. The Bertz CT molecular complexity index is 758. The topological polar surface area (TPSA) is 77.1 Å². The van der Waals surface area contributed by atoms with E-state index in [4.69, 9.17) is 5.73 Å². The van der Waals surface area contributed by atoms with Crippen molar-refractivity contribution < 1.29 is 9.18 Å². The van der Waals surface area contributed by atoms with E-state index in [9.17, 15) is 14.0 Å². The van der Waals surface area contributed by atoms with Gasteiger partial charge < -0.3 is 15.6 Å². The fourth-order valence-corrected chi connectivity index (χ4v) is 2.14. The molecule has 1 aromatic carbocycles. The molecule has 3 N–H and O–H groups in total. The van der Waals surface area contributed by atoms with Gasteiger partial charge in [-0.3, -0.25) is 9.59 Å². The molecule has 7 heteroatoms. The highest BCUT2D eigenvalue weighted by atomic mass is 79.9. The number of aryl methyl sites for hydroxylation is 1. The summed E-state index contributed by atoms with van der Waals surface area (Å²) in [6, 6.07) is 5.55. The second-order valence-electron chi connectivity index (χ2n) is 4.56. The van der Waals surface area contributed by atoms with E-state index >= 15 is 0 Å². The Morgan fingerprint density at radius 2 is 2.14 bits per heavy atom. The van der Waals surface area contributed by atoms with Crippen LogP contribution in [0.2, 0.25) is 0 Å². The molecule has 1 amide bonds. The van der Waals surface area contributed by atoms with E-state index in [0.717, 1.165) is 0 Å². The second kappa shape index (κ2) is 6.09. The van der Waals surface area contributed by atoms with E-state index in [0.29, 0.717) is 16.9 Å². The average molecular weight is 354 g/mol. The summed E-state index contributed by atoms with van der Waals surface area (Å²) in [6.45, 7) is 1.51. The standard InChI is InChI=1S/C14H13BrFN3O2/c1-8-4-11(16)10(15)5-12(8)18-13(20)7-19-6-9(17)2-3-14(19)21/h2-6H,7,17H2,1H3,(H,18,20). The quantitative estimate of drug-likeness (QED) is 0.888. The third-order valence-corrected chi connectivity index (χ3v) is 3.47. The Morgan fingerprint density at radius 1 is 1.43 bits per heavy atom. The van der Waals surface area contributed by atoms with E-state index < -0.39 is 11.7 Å². The normalized spacial score (nSPS) is 10.4. The number of nitrogens with two attached hydrogens (primary N) is 1. The zero-order valence-corrected chi connectivity index (χ0v) is 12.8. The lowest BCUT2D eigenvalue weighted by molar-refractivity contribution is -0.116. The summed E-state index contributed by atoms with van der Waals surface area (Å²) in [5, 5.41) is 2.64. The van der Waals surface area contributed by atoms with Crippen LogP contribution >= 0.6 is 15.9 Å². The molecule has 2 aromatic rings. The third-order valence-electron chi connectivity index (χ3n) is 2.86. The molecule has 0 aliphatic heterocycles. The van der Waals surface area contributed by atoms with Crippen molar-refractivity contribution in [2.45, 2.75) is 13.5 Å². The highest BCUT2D eigenvalue weighted by molar-refractivity contribution is 9.10. The first-order valence-electron chi connectivity index (χ1n) is 6.08. The minimum atomic E-state index is -0.405. The highest BCUT2D eigenvalue weighted by Crippen LogP contribution is 2.24. The van der Waals surface area contributed by atoms with E-state index in [1.165, 1.54) is 35.0 Å². The number of amides is 1. The molecule has 0 atom stereocenters. The van der Waals surface area contributed by atoms with Crippen LogP contribution in [0.5, 0.6) is 0 Å². The van der Waals surface area contributed by atoms with Crippen LogP contribution in [0.3, 0.4) is 0 Å². The first-order valence-corrected chi connectivity index (χ1v) is 6.87. The number of benzene rings is 1. The van der Waals surface area contributed by atoms with Gasteiger partial charge in [-0.15, -0.1) is 0 Å². The summed E-state index contributed by atoms with van der Waals surface area (Å²) in [5.74, 6) is -0.804. The largest absolute Gasteiger partial charge is 0.398 e. The van der Waals surface area contributed by atoms with Gasteiger partial charge in [-0.25, -0.2) is 4.39 Å². The maximum atomic E-state index is 13.3. The number of pyridine rings is 1. The van der Waals surface area contributed by atoms with E-state index in [1.807, 2.05) is 0 Å². The van der Waals surface area contributed by atoms with E-state index in [1.54, 1.807) is 6.92 Å². The van der Waals surface area contributed by atoms with Crippen LogP contribution in [0.4, 0.5) is 15.8 Å². The number of anilines is 2. The van der Waals surface area contributed by atoms with Crippen LogP contribution in [0.15, 0.2) is 39.7 Å². The number of nitrogens with one attached hydrogen (secondary N) is 1. The van der Waals surface area contributed by atoms with Crippen molar-refractivity contribution in [1.29, 1.82) is 0 Å². The molecule has 0 aliphatic rings. The van der Waals surface area contributed by atoms with Crippen LogP contribution in [0, 0.1) is 12.7 Å². The van der Waals surface area contributed by atoms with Gasteiger partial charge in [0.1, 0.15) is 12.4 Å². The monoisotopic (exact) mass is 353 g/mol.